The van der Waals surface area contributed by atoms with Gasteiger partial charge in [-0.3, -0.25) is 4.90 Å². The van der Waals surface area contributed by atoms with E-state index in [0.29, 0.717) is 35.9 Å². The molecule has 164 valence electrons. The smallest absolute Gasteiger partial charge is 0.244 e. The zero-order valence-corrected chi connectivity index (χ0v) is 17.9. The molecule has 3 aromatic rings. The van der Waals surface area contributed by atoms with Crippen LogP contribution in [0.15, 0.2) is 51.9 Å². The summed E-state index contributed by atoms with van der Waals surface area (Å²) in [7, 11) is -3.75. The first-order valence-corrected chi connectivity index (χ1v) is 11.3. The van der Waals surface area contributed by atoms with Crippen LogP contribution in [0.4, 0.5) is 8.78 Å². The number of hydrogen-bond donors (Lipinski definition) is 0. The van der Waals surface area contributed by atoms with Crippen molar-refractivity contribution in [2.75, 3.05) is 26.2 Å². The summed E-state index contributed by atoms with van der Waals surface area (Å²) in [5, 5.41) is 4.00. The van der Waals surface area contributed by atoms with Crippen molar-refractivity contribution in [3.63, 3.8) is 0 Å². The molecule has 10 heteroatoms. The predicted molar refractivity (Wildman–Crippen MR) is 110 cm³/mol. The molecule has 0 spiro atoms. The van der Waals surface area contributed by atoms with Gasteiger partial charge in [-0.1, -0.05) is 11.2 Å². The maximum absolute atomic E-state index is 13.5. The minimum Gasteiger partial charge on any atom is -0.337 e. The Hall–Kier alpha value is -2.69. The van der Waals surface area contributed by atoms with Gasteiger partial charge in [0, 0.05) is 31.7 Å². The first kappa shape index (κ1) is 21.5. The molecule has 4 rings (SSSR count). The number of aromatic nitrogens is 2. The maximum atomic E-state index is 13.5. The van der Waals surface area contributed by atoms with Crippen LogP contribution in [-0.2, 0) is 10.0 Å². The normalized spacial score (nSPS) is 17.0. The average molecular weight is 448 g/mol. The molecule has 1 aromatic heterocycles. The fourth-order valence-electron chi connectivity index (χ4n) is 3.57. The van der Waals surface area contributed by atoms with Crippen LogP contribution in [0.3, 0.4) is 0 Å². The third-order valence-corrected chi connectivity index (χ3v) is 7.36. The third kappa shape index (κ3) is 4.36. The third-order valence-electron chi connectivity index (χ3n) is 5.47. The SMILES string of the molecule is Cc1cc(-c2noc(C(C)N3CCN(S(=O)(=O)c4cccc(F)c4)CC3)n2)ccc1F. The van der Waals surface area contributed by atoms with Gasteiger partial charge in [0.2, 0.25) is 21.7 Å². The fourth-order valence-corrected chi connectivity index (χ4v) is 5.02. The highest BCUT2D eigenvalue weighted by Gasteiger charge is 2.32. The molecule has 0 saturated carbocycles. The van der Waals surface area contributed by atoms with Gasteiger partial charge in [-0.15, -0.1) is 0 Å². The first-order chi connectivity index (χ1) is 14.8. The summed E-state index contributed by atoms with van der Waals surface area (Å²) >= 11 is 0. The van der Waals surface area contributed by atoms with Crippen molar-refractivity contribution < 1.29 is 21.7 Å². The van der Waals surface area contributed by atoms with E-state index in [-0.39, 0.29) is 29.8 Å². The second-order valence-electron chi connectivity index (χ2n) is 7.49. The molecular weight excluding hydrogens is 426 g/mol. The van der Waals surface area contributed by atoms with Gasteiger partial charge in [0.1, 0.15) is 11.6 Å². The molecule has 2 aromatic carbocycles. The van der Waals surface area contributed by atoms with Crippen LogP contribution in [0.25, 0.3) is 11.4 Å². The van der Waals surface area contributed by atoms with Crippen LogP contribution in [0.2, 0.25) is 0 Å². The van der Waals surface area contributed by atoms with E-state index >= 15 is 0 Å². The van der Waals surface area contributed by atoms with E-state index in [4.69, 9.17) is 4.52 Å². The van der Waals surface area contributed by atoms with Crippen LogP contribution in [-0.4, -0.2) is 53.9 Å². The highest BCUT2D eigenvalue weighted by molar-refractivity contribution is 7.89. The van der Waals surface area contributed by atoms with E-state index in [1.165, 1.54) is 28.6 Å². The lowest BCUT2D eigenvalue weighted by atomic mass is 10.1. The van der Waals surface area contributed by atoms with Crippen LogP contribution in [0.1, 0.15) is 24.4 Å². The Morgan fingerprint density at radius 1 is 1.06 bits per heavy atom. The zero-order valence-electron chi connectivity index (χ0n) is 17.1. The fraction of sp³-hybridized carbons (Fsp3) is 0.333. The van der Waals surface area contributed by atoms with Crippen LogP contribution in [0, 0.1) is 18.6 Å². The number of nitrogens with zero attached hydrogens (tertiary/aromatic N) is 4. The molecule has 1 fully saturated rings. The Bertz CT molecular complexity index is 1190. The van der Waals surface area contributed by atoms with E-state index in [1.807, 2.05) is 11.8 Å². The molecule has 0 radical (unpaired) electrons. The molecule has 1 saturated heterocycles. The lowest BCUT2D eigenvalue weighted by Gasteiger charge is -2.36. The largest absolute Gasteiger partial charge is 0.337 e. The van der Waals surface area contributed by atoms with Crippen molar-refractivity contribution in [1.29, 1.82) is 0 Å². The summed E-state index contributed by atoms with van der Waals surface area (Å²) in [6.45, 7) is 5.03. The minimum atomic E-state index is -3.75. The Labute approximate surface area is 179 Å². The van der Waals surface area contributed by atoms with E-state index in [2.05, 4.69) is 10.1 Å². The molecule has 1 unspecified atom stereocenters. The lowest BCUT2D eigenvalue weighted by Crippen LogP contribution is -2.49. The van der Waals surface area contributed by atoms with Gasteiger partial charge < -0.3 is 4.52 Å². The topological polar surface area (TPSA) is 79.5 Å². The summed E-state index contributed by atoms with van der Waals surface area (Å²) in [6.07, 6.45) is 0. The van der Waals surface area contributed by atoms with Crippen LogP contribution in [0.5, 0.6) is 0 Å². The summed E-state index contributed by atoms with van der Waals surface area (Å²) in [4.78, 5) is 6.43. The molecule has 1 aliphatic heterocycles. The number of hydrogen-bond acceptors (Lipinski definition) is 6. The Morgan fingerprint density at radius 3 is 2.48 bits per heavy atom. The standard InChI is InChI=1S/C21H22F2N4O3S/c1-14-12-16(6-7-19(14)23)20-24-21(30-25-20)15(2)26-8-10-27(11-9-26)31(28,29)18-5-3-4-17(22)13-18/h3-7,12-13,15H,8-11H2,1-2H3. The summed E-state index contributed by atoms with van der Waals surface area (Å²) < 4.78 is 59.3. The van der Waals surface area contributed by atoms with Gasteiger partial charge in [0.25, 0.3) is 0 Å². The molecule has 0 amide bonds. The molecular formula is C21H22F2N4O3S. The molecule has 1 atom stereocenters. The van der Waals surface area contributed by atoms with Crippen molar-refractivity contribution in [3.05, 3.63) is 65.6 Å². The van der Waals surface area contributed by atoms with Gasteiger partial charge in [0.05, 0.1) is 10.9 Å². The van der Waals surface area contributed by atoms with Crippen molar-refractivity contribution in [2.24, 2.45) is 0 Å². The quantitative estimate of drug-likeness (QED) is 0.595. The number of aryl methyl sites for hydroxylation is 1. The molecule has 2 heterocycles. The summed E-state index contributed by atoms with van der Waals surface area (Å²) in [5.41, 5.74) is 1.15. The van der Waals surface area contributed by atoms with Gasteiger partial charge in [-0.25, -0.2) is 17.2 Å². The summed E-state index contributed by atoms with van der Waals surface area (Å²) in [6, 6.07) is 9.42. The van der Waals surface area contributed by atoms with E-state index < -0.39 is 15.8 Å². The van der Waals surface area contributed by atoms with Crippen LogP contribution >= 0.6 is 0 Å². The molecule has 0 N–H and O–H groups in total. The van der Waals surface area contributed by atoms with Crippen molar-refractivity contribution >= 4 is 10.0 Å². The molecule has 0 aliphatic carbocycles. The summed E-state index contributed by atoms with van der Waals surface area (Å²) in [5.74, 6) is -0.112. The Kier molecular flexibility index (Phi) is 5.87. The second kappa shape index (κ2) is 8.45. The molecule has 0 bridgehead atoms. The monoisotopic (exact) mass is 448 g/mol. The number of benzene rings is 2. The second-order valence-corrected chi connectivity index (χ2v) is 9.43. The Morgan fingerprint density at radius 2 is 1.81 bits per heavy atom. The molecule has 31 heavy (non-hydrogen) atoms. The molecule has 1 aliphatic rings. The number of halogens is 2. The van der Waals surface area contributed by atoms with Gasteiger partial charge in [-0.2, -0.15) is 9.29 Å². The van der Waals surface area contributed by atoms with Crippen molar-refractivity contribution in [2.45, 2.75) is 24.8 Å². The van der Waals surface area contributed by atoms with Gasteiger partial charge in [0.15, 0.2) is 0 Å². The zero-order chi connectivity index (χ0) is 22.2. The van der Waals surface area contributed by atoms with Crippen molar-refractivity contribution in [3.8, 4) is 11.4 Å². The highest BCUT2D eigenvalue weighted by Crippen LogP contribution is 2.26. The first-order valence-electron chi connectivity index (χ1n) is 9.85. The van der Waals surface area contributed by atoms with E-state index in [0.717, 1.165) is 6.07 Å². The number of piperazine rings is 1. The molecule has 7 nitrogen and oxygen atoms in total. The van der Waals surface area contributed by atoms with Gasteiger partial charge >= 0.3 is 0 Å². The van der Waals surface area contributed by atoms with Crippen LogP contribution < -0.4 is 0 Å². The number of rotatable bonds is 5. The van der Waals surface area contributed by atoms with E-state index in [9.17, 15) is 17.2 Å². The van der Waals surface area contributed by atoms with Gasteiger partial charge in [-0.05, 0) is 55.8 Å². The maximum Gasteiger partial charge on any atom is 0.244 e. The highest BCUT2D eigenvalue weighted by atomic mass is 32.2. The Balaban J connectivity index is 1.43. The number of sulfonamides is 1. The lowest BCUT2D eigenvalue weighted by molar-refractivity contribution is 0.124. The average Bonchev–Trinajstić information content (AvgIpc) is 3.25. The van der Waals surface area contributed by atoms with E-state index in [1.54, 1.807) is 19.1 Å². The van der Waals surface area contributed by atoms with Crippen molar-refractivity contribution in [1.82, 2.24) is 19.3 Å². The predicted octanol–water partition coefficient (Wildman–Crippen LogP) is 3.39. The minimum absolute atomic E-state index is 0.0508.